The second-order valence-corrected chi connectivity index (χ2v) is 3.93. The number of nitrogens with one attached hydrogen (secondary N) is 1. The molecule has 0 saturated carbocycles. The van der Waals surface area contributed by atoms with Crippen LogP contribution >= 0.6 is 0 Å². The minimum atomic E-state index is 0.275. The number of aryl methyl sites for hydroxylation is 1. The van der Waals surface area contributed by atoms with Crippen molar-refractivity contribution < 1.29 is 0 Å². The Morgan fingerprint density at radius 2 is 2.14 bits per heavy atom. The molecular formula is C11H19N3. The highest BCUT2D eigenvalue weighted by molar-refractivity contribution is 5.49. The molecule has 0 aliphatic rings. The summed E-state index contributed by atoms with van der Waals surface area (Å²) in [6.45, 7) is 10.1. The normalized spacial score (nSPS) is 12.9. The van der Waals surface area contributed by atoms with E-state index in [-0.39, 0.29) is 6.04 Å². The van der Waals surface area contributed by atoms with Crippen LogP contribution in [0.1, 0.15) is 32.4 Å². The van der Waals surface area contributed by atoms with Crippen LogP contribution in [0.2, 0.25) is 0 Å². The molecule has 78 valence electrons. The number of rotatable bonds is 4. The summed E-state index contributed by atoms with van der Waals surface area (Å²) < 4.78 is 1.84. The minimum absolute atomic E-state index is 0.275. The number of hydrogen-bond acceptors (Lipinski definition) is 2. The summed E-state index contributed by atoms with van der Waals surface area (Å²) in [6.07, 6.45) is 3.90. The smallest absolute Gasteiger partial charge is 0.0881 e. The van der Waals surface area contributed by atoms with Gasteiger partial charge in [-0.15, -0.1) is 6.58 Å². The fraction of sp³-hybridized carbons (Fsp3) is 0.545. The summed E-state index contributed by atoms with van der Waals surface area (Å²) in [7, 11) is 1.94. The molecule has 0 aliphatic carbocycles. The van der Waals surface area contributed by atoms with Crippen LogP contribution in [0.25, 0.3) is 0 Å². The molecule has 1 aromatic heterocycles. The molecule has 0 spiro atoms. The van der Waals surface area contributed by atoms with Gasteiger partial charge in [0.25, 0.3) is 0 Å². The lowest BCUT2D eigenvalue weighted by atomic mass is 10.1. The Bertz CT molecular complexity index is 312. The minimum Gasteiger partial charge on any atom is -0.376 e. The predicted molar refractivity (Wildman–Crippen MR) is 60.6 cm³/mol. The van der Waals surface area contributed by atoms with Crippen LogP contribution in [-0.2, 0) is 7.05 Å². The van der Waals surface area contributed by atoms with E-state index in [2.05, 4.69) is 37.8 Å². The van der Waals surface area contributed by atoms with Crippen LogP contribution in [0.5, 0.6) is 0 Å². The average Bonchev–Trinajstić information content (AvgIpc) is 2.46. The SMILES string of the molecule is C=CC(C)Nc1cn(C)nc1C(C)C. The highest BCUT2D eigenvalue weighted by atomic mass is 15.3. The predicted octanol–water partition coefficient (Wildman–Crippen LogP) is 2.53. The monoisotopic (exact) mass is 193 g/mol. The van der Waals surface area contributed by atoms with Crippen molar-refractivity contribution in [2.75, 3.05) is 5.32 Å². The zero-order valence-corrected chi connectivity index (χ0v) is 9.41. The molecule has 14 heavy (non-hydrogen) atoms. The van der Waals surface area contributed by atoms with E-state index in [9.17, 15) is 0 Å². The lowest BCUT2D eigenvalue weighted by Crippen LogP contribution is -2.12. The average molecular weight is 193 g/mol. The maximum Gasteiger partial charge on any atom is 0.0881 e. The quantitative estimate of drug-likeness (QED) is 0.745. The van der Waals surface area contributed by atoms with Gasteiger partial charge >= 0.3 is 0 Å². The van der Waals surface area contributed by atoms with E-state index < -0.39 is 0 Å². The van der Waals surface area contributed by atoms with E-state index in [0.29, 0.717) is 5.92 Å². The van der Waals surface area contributed by atoms with Crippen LogP contribution < -0.4 is 5.32 Å². The Balaban J connectivity index is 2.89. The van der Waals surface area contributed by atoms with Crippen LogP contribution in [0, 0.1) is 0 Å². The maximum atomic E-state index is 4.42. The van der Waals surface area contributed by atoms with E-state index in [1.165, 1.54) is 0 Å². The molecule has 1 heterocycles. The van der Waals surface area contributed by atoms with Gasteiger partial charge in [-0.1, -0.05) is 19.9 Å². The summed E-state index contributed by atoms with van der Waals surface area (Å²) in [5.74, 6) is 0.440. The maximum absolute atomic E-state index is 4.42. The van der Waals surface area contributed by atoms with Crippen molar-refractivity contribution in [1.82, 2.24) is 9.78 Å². The van der Waals surface area contributed by atoms with Crippen molar-refractivity contribution >= 4 is 5.69 Å². The summed E-state index contributed by atoms with van der Waals surface area (Å²) in [4.78, 5) is 0. The molecule has 1 aromatic rings. The molecule has 1 rings (SSSR count). The summed E-state index contributed by atoms with van der Waals surface area (Å²) in [5, 5.41) is 7.78. The molecule has 1 unspecified atom stereocenters. The van der Waals surface area contributed by atoms with Crippen LogP contribution in [-0.4, -0.2) is 15.8 Å². The van der Waals surface area contributed by atoms with E-state index >= 15 is 0 Å². The third-order valence-corrected chi connectivity index (χ3v) is 2.14. The van der Waals surface area contributed by atoms with Crippen molar-refractivity contribution in [1.29, 1.82) is 0 Å². The molecule has 1 atom stereocenters. The fourth-order valence-electron chi connectivity index (χ4n) is 1.35. The lowest BCUT2D eigenvalue weighted by Gasteiger charge is -2.11. The van der Waals surface area contributed by atoms with Gasteiger partial charge in [0, 0.05) is 19.3 Å². The molecule has 1 N–H and O–H groups in total. The molecule has 0 fully saturated rings. The topological polar surface area (TPSA) is 29.9 Å². The standard InChI is InChI=1S/C11H19N3/c1-6-9(4)12-10-7-14(5)13-11(10)8(2)3/h6-9,12H,1H2,2-5H3. The van der Waals surface area contributed by atoms with Crippen LogP contribution in [0.3, 0.4) is 0 Å². The van der Waals surface area contributed by atoms with Gasteiger partial charge in [0.1, 0.15) is 0 Å². The molecular weight excluding hydrogens is 174 g/mol. The van der Waals surface area contributed by atoms with E-state index in [1.807, 2.05) is 24.0 Å². The van der Waals surface area contributed by atoms with Crippen molar-refractivity contribution in [3.05, 3.63) is 24.5 Å². The number of aromatic nitrogens is 2. The van der Waals surface area contributed by atoms with Gasteiger partial charge in [-0.3, -0.25) is 4.68 Å². The molecule has 0 aromatic carbocycles. The first-order valence-corrected chi connectivity index (χ1v) is 4.97. The highest BCUT2D eigenvalue weighted by Crippen LogP contribution is 2.22. The molecule has 0 saturated heterocycles. The van der Waals surface area contributed by atoms with Crippen molar-refractivity contribution in [2.24, 2.45) is 7.05 Å². The molecule has 0 aliphatic heterocycles. The van der Waals surface area contributed by atoms with Gasteiger partial charge in [-0.05, 0) is 12.8 Å². The zero-order chi connectivity index (χ0) is 10.7. The Kier molecular flexibility index (Phi) is 3.33. The van der Waals surface area contributed by atoms with Crippen LogP contribution in [0.15, 0.2) is 18.9 Å². The summed E-state index contributed by atoms with van der Waals surface area (Å²) >= 11 is 0. The molecule has 0 radical (unpaired) electrons. The zero-order valence-electron chi connectivity index (χ0n) is 9.41. The lowest BCUT2D eigenvalue weighted by molar-refractivity contribution is 0.713. The highest BCUT2D eigenvalue weighted by Gasteiger charge is 2.11. The Labute approximate surface area is 85.8 Å². The van der Waals surface area contributed by atoms with Crippen LogP contribution in [0.4, 0.5) is 5.69 Å². The van der Waals surface area contributed by atoms with Crippen molar-refractivity contribution in [3.8, 4) is 0 Å². The number of anilines is 1. The fourth-order valence-corrected chi connectivity index (χ4v) is 1.35. The first kappa shape index (κ1) is 10.8. The molecule has 3 heteroatoms. The second-order valence-electron chi connectivity index (χ2n) is 3.93. The van der Waals surface area contributed by atoms with E-state index in [4.69, 9.17) is 0 Å². The van der Waals surface area contributed by atoms with E-state index in [0.717, 1.165) is 11.4 Å². The van der Waals surface area contributed by atoms with E-state index in [1.54, 1.807) is 0 Å². The first-order chi connectivity index (χ1) is 6.54. The van der Waals surface area contributed by atoms with Gasteiger partial charge in [-0.25, -0.2) is 0 Å². The number of nitrogens with zero attached hydrogens (tertiary/aromatic N) is 2. The largest absolute Gasteiger partial charge is 0.376 e. The third-order valence-electron chi connectivity index (χ3n) is 2.14. The molecule has 0 amide bonds. The van der Waals surface area contributed by atoms with Crippen molar-refractivity contribution in [2.45, 2.75) is 32.7 Å². The first-order valence-electron chi connectivity index (χ1n) is 4.97. The Hall–Kier alpha value is -1.25. The third kappa shape index (κ3) is 2.37. The van der Waals surface area contributed by atoms with Gasteiger partial charge in [0.05, 0.1) is 11.4 Å². The van der Waals surface area contributed by atoms with Gasteiger partial charge in [-0.2, -0.15) is 5.10 Å². The van der Waals surface area contributed by atoms with Gasteiger partial charge in [0.2, 0.25) is 0 Å². The number of hydrogen-bond donors (Lipinski definition) is 1. The molecule has 3 nitrogen and oxygen atoms in total. The summed E-state index contributed by atoms with van der Waals surface area (Å²) in [6, 6.07) is 0.275. The second kappa shape index (κ2) is 4.31. The Morgan fingerprint density at radius 1 is 1.50 bits per heavy atom. The molecule has 0 bridgehead atoms. The van der Waals surface area contributed by atoms with Gasteiger partial charge < -0.3 is 5.32 Å². The Morgan fingerprint density at radius 3 is 2.64 bits per heavy atom. The van der Waals surface area contributed by atoms with Gasteiger partial charge in [0.15, 0.2) is 0 Å². The van der Waals surface area contributed by atoms with Crippen molar-refractivity contribution in [3.63, 3.8) is 0 Å². The summed E-state index contributed by atoms with van der Waals surface area (Å²) in [5.41, 5.74) is 2.22.